The van der Waals surface area contributed by atoms with Crippen LogP contribution in [0.3, 0.4) is 0 Å². The lowest BCUT2D eigenvalue weighted by Crippen LogP contribution is -2.12. The number of ether oxygens (including phenoxy) is 2. The van der Waals surface area contributed by atoms with Gasteiger partial charge >= 0.3 is 5.76 Å². The number of nitrogens with zero attached hydrogens (tertiary/aromatic N) is 1. The predicted molar refractivity (Wildman–Crippen MR) is 89.0 cm³/mol. The van der Waals surface area contributed by atoms with Gasteiger partial charge in [-0.2, -0.15) is 0 Å². The fraction of sp³-hybridized carbons (Fsp3) is 0.176. The Bertz CT molecular complexity index is 971. The number of oxazole rings is 1. The molecule has 0 radical (unpaired) electrons. The van der Waals surface area contributed by atoms with Crippen LogP contribution in [0.2, 0.25) is 0 Å². The molecule has 0 aliphatic rings. The van der Waals surface area contributed by atoms with Gasteiger partial charge < -0.3 is 19.2 Å². The molecule has 0 atom stereocenters. The van der Waals surface area contributed by atoms with Crippen molar-refractivity contribution in [2.24, 2.45) is 7.05 Å². The fourth-order valence-corrected chi connectivity index (χ4v) is 2.39. The van der Waals surface area contributed by atoms with E-state index in [9.17, 15) is 9.59 Å². The molecule has 1 amide bonds. The maximum Gasteiger partial charge on any atom is 0.419 e. The Morgan fingerprint density at radius 2 is 1.83 bits per heavy atom. The third-order valence-corrected chi connectivity index (χ3v) is 3.70. The summed E-state index contributed by atoms with van der Waals surface area (Å²) in [5.74, 6) is 0.313. The van der Waals surface area contributed by atoms with E-state index < -0.39 is 5.76 Å². The van der Waals surface area contributed by atoms with Crippen molar-refractivity contribution < 1.29 is 18.7 Å². The fourth-order valence-electron chi connectivity index (χ4n) is 2.39. The van der Waals surface area contributed by atoms with E-state index in [1.165, 1.54) is 11.7 Å². The summed E-state index contributed by atoms with van der Waals surface area (Å²) in [5, 5.41) is 2.78. The van der Waals surface area contributed by atoms with E-state index in [0.717, 1.165) is 0 Å². The highest BCUT2D eigenvalue weighted by Gasteiger charge is 2.12. The molecule has 0 spiro atoms. The van der Waals surface area contributed by atoms with Crippen LogP contribution in [0.25, 0.3) is 11.1 Å². The number of carbonyl (C=O) groups is 1. The number of benzene rings is 2. The molecule has 24 heavy (non-hydrogen) atoms. The van der Waals surface area contributed by atoms with E-state index in [4.69, 9.17) is 13.9 Å². The summed E-state index contributed by atoms with van der Waals surface area (Å²) in [6.45, 7) is 0. The van der Waals surface area contributed by atoms with Crippen molar-refractivity contribution in [1.82, 2.24) is 4.57 Å². The van der Waals surface area contributed by atoms with Crippen LogP contribution >= 0.6 is 0 Å². The maximum atomic E-state index is 12.4. The van der Waals surface area contributed by atoms with Gasteiger partial charge in [0.1, 0.15) is 0 Å². The molecule has 7 heteroatoms. The number of nitrogens with one attached hydrogen (secondary N) is 1. The first-order chi connectivity index (χ1) is 11.5. The van der Waals surface area contributed by atoms with Gasteiger partial charge in [0.05, 0.1) is 19.7 Å². The Labute approximate surface area is 137 Å². The molecule has 7 nitrogen and oxygen atoms in total. The Morgan fingerprint density at radius 1 is 1.08 bits per heavy atom. The van der Waals surface area contributed by atoms with Gasteiger partial charge in [0.15, 0.2) is 17.1 Å². The van der Waals surface area contributed by atoms with Crippen molar-refractivity contribution in [3.05, 3.63) is 52.5 Å². The summed E-state index contributed by atoms with van der Waals surface area (Å²) in [5.41, 5.74) is 1.97. The van der Waals surface area contributed by atoms with Gasteiger partial charge in [-0.25, -0.2) is 4.79 Å². The molecule has 1 N–H and O–H groups in total. The first kappa shape index (κ1) is 15.7. The number of carbonyl (C=O) groups excluding carboxylic acids is 1. The molecular weight excluding hydrogens is 312 g/mol. The Morgan fingerprint density at radius 3 is 2.54 bits per heavy atom. The molecule has 1 heterocycles. The van der Waals surface area contributed by atoms with Crippen molar-refractivity contribution in [3.8, 4) is 11.5 Å². The number of amides is 1. The van der Waals surface area contributed by atoms with Gasteiger partial charge in [-0.05, 0) is 30.3 Å². The average molecular weight is 328 g/mol. The monoisotopic (exact) mass is 328 g/mol. The van der Waals surface area contributed by atoms with Gasteiger partial charge in [0.25, 0.3) is 5.91 Å². The van der Waals surface area contributed by atoms with E-state index in [1.54, 1.807) is 50.6 Å². The van der Waals surface area contributed by atoms with Crippen molar-refractivity contribution in [2.45, 2.75) is 0 Å². The molecule has 0 aliphatic heterocycles. The molecule has 3 rings (SSSR count). The van der Waals surface area contributed by atoms with Crippen LogP contribution < -0.4 is 20.5 Å². The molecule has 124 valence electrons. The maximum absolute atomic E-state index is 12.4. The third kappa shape index (κ3) is 2.71. The summed E-state index contributed by atoms with van der Waals surface area (Å²) in [6, 6.07) is 9.89. The summed E-state index contributed by atoms with van der Waals surface area (Å²) in [4.78, 5) is 23.9. The van der Waals surface area contributed by atoms with Crippen molar-refractivity contribution >= 4 is 22.7 Å². The van der Waals surface area contributed by atoms with E-state index >= 15 is 0 Å². The second-order valence-electron chi connectivity index (χ2n) is 5.13. The van der Waals surface area contributed by atoms with E-state index in [-0.39, 0.29) is 5.91 Å². The SMILES string of the molecule is COc1ccc(NC(=O)c2ccc3oc(=O)n(C)c3c2)cc1OC. The number of methoxy groups -OCH3 is 2. The molecule has 0 fully saturated rings. The zero-order chi connectivity index (χ0) is 17.3. The zero-order valence-corrected chi connectivity index (χ0v) is 13.5. The second-order valence-corrected chi connectivity index (χ2v) is 5.13. The number of fused-ring (bicyclic) bond motifs is 1. The summed E-state index contributed by atoms with van der Waals surface area (Å²) in [7, 11) is 4.65. The Hall–Kier alpha value is -3.22. The smallest absolute Gasteiger partial charge is 0.419 e. The molecule has 0 saturated heterocycles. The molecule has 0 saturated carbocycles. The first-order valence-electron chi connectivity index (χ1n) is 7.16. The molecule has 0 aliphatic carbocycles. The number of hydrogen-bond acceptors (Lipinski definition) is 5. The van der Waals surface area contributed by atoms with E-state index in [2.05, 4.69) is 5.32 Å². The van der Waals surface area contributed by atoms with Crippen LogP contribution in [0, 0.1) is 0 Å². The van der Waals surface area contributed by atoms with Crippen molar-refractivity contribution in [3.63, 3.8) is 0 Å². The van der Waals surface area contributed by atoms with Crippen LogP contribution in [0.4, 0.5) is 5.69 Å². The van der Waals surface area contributed by atoms with Gasteiger partial charge in [0, 0.05) is 24.4 Å². The van der Waals surface area contributed by atoms with Crippen molar-refractivity contribution in [2.75, 3.05) is 19.5 Å². The lowest BCUT2D eigenvalue weighted by Gasteiger charge is -2.10. The summed E-state index contributed by atoms with van der Waals surface area (Å²) in [6.07, 6.45) is 0. The Balaban J connectivity index is 1.89. The highest BCUT2D eigenvalue weighted by molar-refractivity contribution is 6.06. The quantitative estimate of drug-likeness (QED) is 0.795. The third-order valence-electron chi connectivity index (χ3n) is 3.70. The summed E-state index contributed by atoms with van der Waals surface area (Å²) < 4.78 is 16.8. The number of aryl methyl sites for hydroxylation is 1. The predicted octanol–water partition coefficient (Wildman–Crippen LogP) is 2.40. The van der Waals surface area contributed by atoms with Gasteiger partial charge in [-0.1, -0.05) is 0 Å². The highest BCUT2D eigenvalue weighted by Crippen LogP contribution is 2.30. The highest BCUT2D eigenvalue weighted by atomic mass is 16.5. The van der Waals surface area contributed by atoms with Crippen LogP contribution in [0.5, 0.6) is 11.5 Å². The van der Waals surface area contributed by atoms with Crippen LogP contribution in [-0.4, -0.2) is 24.7 Å². The zero-order valence-electron chi connectivity index (χ0n) is 13.5. The van der Waals surface area contributed by atoms with Crippen molar-refractivity contribution in [1.29, 1.82) is 0 Å². The van der Waals surface area contributed by atoms with Crippen LogP contribution in [0.15, 0.2) is 45.6 Å². The molecule has 1 aromatic heterocycles. The second kappa shape index (κ2) is 6.11. The van der Waals surface area contributed by atoms with Gasteiger partial charge in [-0.3, -0.25) is 9.36 Å². The topological polar surface area (TPSA) is 82.7 Å². The lowest BCUT2D eigenvalue weighted by molar-refractivity contribution is 0.102. The number of anilines is 1. The minimum Gasteiger partial charge on any atom is -0.493 e. The van der Waals surface area contributed by atoms with Gasteiger partial charge in [-0.15, -0.1) is 0 Å². The molecule has 0 unspecified atom stereocenters. The summed E-state index contributed by atoms with van der Waals surface area (Å²) >= 11 is 0. The molecule has 2 aromatic carbocycles. The molecule has 0 bridgehead atoms. The number of rotatable bonds is 4. The largest absolute Gasteiger partial charge is 0.493 e. The number of aromatic nitrogens is 1. The van der Waals surface area contributed by atoms with Crippen LogP contribution in [-0.2, 0) is 7.05 Å². The minimum absolute atomic E-state index is 0.308. The first-order valence-corrected chi connectivity index (χ1v) is 7.16. The molecular formula is C17H16N2O5. The normalized spacial score (nSPS) is 10.6. The minimum atomic E-state index is -0.470. The number of hydrogen-bond donors (Lipinski definition) is 1. The lowest BCUT2D eigenvalue weighted by atomic mass is 10.2. The van der Waals surface area contributed by atoms with E-state index in [0.29, 0.717) is 33.8 Å². The molecule has 3 aromatic rings. The standard InChI is InChI=1S/C17H16N2O5/c1-19-12-8-10(4-6-13(12)24-17(19)21)16(20)18-11-5-7-14(22-2)15(9-11)23-3/h4-9H,1-3H3,(H,18,20). The Kier molecular flexibility index (Phi) is 3.99. The van der Waals surface area contributed by atoms with Gasteiger partial charge in [0.2, 0.25) is 0 Å². The van der Waals surface area contributed by atoms with Crippen LogP contribution in [0.1, 0.15) is 10.4 Å². The average Bonchev–Trinajstić information content (AvgIpc) is 2.88. The van der Waals surface area contributed by atoms with E-state index in [1.807, 2.05) is 0 Å².